The number of benzene rings is 2. The van der Waals surface area contributed by atoms with Crippen molar-refractivity contribution in [3.63, 3.8) is 0 Å². The number of methoxy groups -OCH3 is 2. The maximum Gasteiger partial charge on any atom is 0.161 e. The highest BCUT2D eigenvalue weighted by Gasteiger charge is 2.16. The molecule has 0 bridgehead atoms. The van der Waals surface area contributed by atoms with E-state index in [2.05, 4.69) is 0 Å². The van der Waals surface area contributed by atoms with Gasteiger partial charge in [-0.2, -0.15) is 0 Å². The SMILES string of the molecule is COc1ccc([C@H](O)c2ccc(CO[C@H]3CCOC3)cc2)cc1OC. The number of aliphatic hydroxyl groups is 1. The number of aliphatic hydroxyl groups excluding tert-OH is 1. The van der Waals surface area contributed by atoms with Crippen LogP contribution in [0.4, 0.5) is 0 Å². The van der Waals surface area contributed by atoms with Crippen LogP contribution in [0, 0.1) is 0 Å². The first-order chi connectivity index (χ1) is 12.2. The Labute approximate surface area is 148 Å². The van der Waals surface area contributed by atoms with Crippen molar-refractivity contribution in [3.8, 4) is 11.5 Å². The first-order valence-corrected chi connectivity index (χ1v) is 8.39. The zero-order valence-corrected chi connectivity index (χ0v) is 14.6. The molecule has 0 aromatic heterocycles. The predicted molar refractivity (Wildman–Crippen MR) is 94.1 cm³/mol. The van der Waals surface area contributed by atoms with E-state index in [4.69, 9.17) is 18.9 Å². The van der Waals surface area contributed by atoms with Gasteiger partial charge in [0.2, 0.25) is 0 Å². The summed E-state index contributed by atoms with van der Waals surface area (Å²) in [6.45, 7) is 2.01. The minimum atomic E-state index is -0.724. The Hall–Kier alpha value is -2.08. The van der Waals surface area contributed by atoms with E-state index in [-0.39, 0.29) is 6.10 Å². The molecule has 2 atom stereocenters. The van der Waals surface area contributed by atoms with Gasteiger partial charge in [-0.15, -0.1) is 0 Å². The molecule has 0 spiro atoms. The molecule has 5 heteroatoms. The van der Waals surface area contributed by atoms with Gasteiger partial charge in [-0.25, -0.2) is 0 Å². The number of hydrogen-bond donors (Lipinski definition) is 1. The molecule has 2 aromatic rings. The van der Waals surface area contributed by atoms with Crippen LogP contribution in [0.5, 0.6) is 11.5 Å². The van der Waals surface area contributed by atoms with Gasteiger partial charge in [-0.3, -0.25) is 0 Å². The second-order valence-electron chi connectivity index (χ2n) is 6.06. The van der Waals surface area contributed by atoms with E-state index in [0.717, 1.165) is 29.7 Å². The third-order valence-corrected chi connectivity index (χ3v) is 4.39. The Morgan fingerprint density at radius 3 is 2.40 bits per heavy atom. The Bertz CT molecular complexity index is 677. The first kappa shape index (κ1) is 17.7. The molecule has 1 fully saturated rings. The molecule has 0 aliphatic carbocycles. The van der Waals surface area contributed by atoms with Crippen molar-refractivity contribution < 1.29 is 24.1 Å². The minimum Gasteiger partial charge on any atom is -0.493 e. The van der Waals surface area contributed by atoms with Crippen molar-refractivity contribution in [1.29, 1.82) is 0 Å². The Kier molecular flexibility index (Phi) is 5.91. The van der Waals surface area contributed by atoms with Crippen molar-refractivity contribution in [2.45, 2.75) is 25.2 Å². The Morgan fingerprint density at radius 1 is 1.04 bits per heavy atom. The summed E-state index contributed by atoms with van der Waals surface area (Å²) in [4.78, 5) is 0. The summed E-state index contributed by atoms with van der Waals surface area (Å²) in [5.41, 5.74) is 2.65. The molecule has 3 rings (SSSR count). The monoisotopic (exact) mass is 344 g/mol. The lowest BCUT2D eigenvalue weighted by atomic mass is 10.00. The average molecular weight is 344 g/mol. The van der Waals surface area contributed by atoms with Crippen LogP contribution in [0.15, 0.2) is 42.5 Å². The molecule has 0 amide bonds. The Balaban J connectivity index is 1.66. The lowest BCUT2D eigenvalue weighted by Crippen LogP contribution is -2.11. The third-order valence-electron chi connectivity index (χ3n) is 4.39. The van der Waals surface area contributed by atoms with Gasteiger partial charge in [0.25, 0.3) is 0 Å². The molecule has 0 unspecified atom stereocenters. The second-order valence-corrected chi connectivity index (χ2v) is 6.06. The van der Waals surface area contributed by atoms with Crippen LogP contribution in [-0.2, 0) is 16.1 Å². The molecule has 1 aliphatic rings. The van der Waals surface area contributed by atoms with Crippen molar-refractivity contribution in [3.05, 3.63) is 59.2 Å². The van der Waals surface area contributed by atoms with E-state index in [1.54, 1.807) is 26.4 Å². The van der Waals surface area contributed by atoms with Crippen LogP contribution in [0.1, 0.15) is 29.2 Å². The molecule has 0 saturated carbocycles. The molecule has 1 saturated heterocycles. The zero-order valence-electron chi connectivity index (χ0n) is 14.6. The smallest absolute Gasteiger partial charge is 0.161 e. The molecule has 1 aliphatic heterocycles. The van der Waals surface area contributed by atoms with Gasteiger partial charge in [0.15, 0.2) is 11.5 Å². The van der Waals surface area contributed by atoms with Crippen LogP contribution in [-0.4, -0.2) is 38.6 Å². The van der Waals surface area contributed by atoms with Crippen LogP contribution >= 0.6 is 0 Å². The van der Waals surface area contributed by atoms with Gasteiger partial charge in [0, 0.05) is 6.61 Å². The highest BCUT2D eigenvalue weighted by molar-refractivity contribution is 5.45. The number of hydrogen-bond acceptors (Lipinski definition) is 5. The molecule has 1 heterocycles. The number of ether oxygens (including phenoxy) is 4. The Morgan fingerprint density at radius 2 is 1.76 bits per heavy atom. The fourth-order valence-electron chi connectivity index (χ4n) is 2.87. The van der Waals surface area contributed by atoms with Gasteiger partial charge < -0.3 is 24.1 Å². The molecule has 134 valence electrons. The lowest BCUT2D eigenvalue weighted by Gasteiger charge is -2.15. The number of rotatable bonds is 7. The molecule has 5 nitrogen and oxygen atoms in total. The summed E-state index contributed by atoms with van der Waals surface area (Å²) in [5, 5.41) is 10.6. The standard InChI is InChI=1S/C20H24O5/c1-22-18-8-7-16(11-19(18)23-2)20(21)15-5-3-14(4-6-15)12-25-17-9-10-24-13-17/h3-8,11,17,20-21H,9-10,12-13H2,1-2H3/t17-,20+/m0/s1. The quantitative estimate of drug-likeness (QED) is 0.836. The van der Waals surface area contributed by atoms with E-state index in [9.17, 15) is 5.11 Å². The second kappa shape index (κ2) is 8.34. The van der Waals surface area contributed by atoms with Gasteiger partial charge in [-0.05, 0) is 35.2 Å². The summed E-state index contributed by atoms with van der Waals surface area (Å²) in [5.74, 6) is 1.24. The summed E-state index contributed by atoms with van der Waals surface area (Å²) in [6.07, 6.45) is 0.422. The highest BCUT2D eigenvalue weighted by Crippen LogP contribution is 2.32. The largest absolute Gasteiger partial charge is 0.493 e. The van der Waals surface area contributed by atoms with Crippen LogP contribution in [0.3, 0.4) is 0 Å². The van der Waals surface area contributed by atoms with Crippen LogP contribution < -0.4 is 9.47 Å². The van der Waals surface area contributed by atoms with E-state index < -0.39 is 6.10 Å². The summed E-state index contributed by atoms with van der Waals surface area (Å²) >= 11 is 0. The van der Waals surface area contributed by atoms with Crippen LogP contribution in [0.25, 0.3) is 0 Å². The zero-order chi connectivity index (χ0) is 17.6. The molecular weight excluding hydrogens is 320 g/mol. The summed E-state index contributed by atoms with van der Waals surface area (Å²) < 4.78 is 21.6. The highest BCUT2D eigenvalue weighted by atomic mass is 16.5. The van der Waals surface area contributed by atoms with Crippen molar-refractivity contribution in [2.24, 2.45) is 0 Å². The molecule has 1 N–H and O–H groups in total. The molecule has 0 radical (unpaired) electrons. The van der Waals surface area contributed by atoms with E-state index in [1.165, 1.54) is 0 Å². The fourth-order valence-corrected chi connectivity index (χ4v) is 2.87. The van der Waals surface area contributed by atoms with Gasteiger partial charge >= 0.3 is 0 Å². The minimum absolute atomic E-state index is 0.192. The maximum atomic E-state index is 10.6. The van der Waals surface area contributed by atoms with E-state index >= 15 is 0 Å². The van der Waals surface area contributed by atoms with Crippen LogP contribution in [0.2, 0.25) is 0 Å². The summed E-state index contributed by atoms with van der Waals surface area (Å²) in [6, 6.07) is 13.2. The predicted octanol–water partition coefficient (Wildman–Crippen LogP) is 3.09. The third kappa shape index (κ3) is 4.31. The van der Waals surface area contributed by atoms with Gasteiger partial charge in [-0.1, -0.05) is 30.3 Å². The van der Waals surface area contributed by atoms with Gasteiger partial charge in [0.05, 0.1) is 33.5 Å². The lowest BCUT2D eigenvalue weighted by molar-refractivity contribution is 0.0317. The summed E-state index contributed by atoms with van der Waals surface area (Å²) in [7, 11) is 3.17. The van der Waals surface area contributed by atoms with E-state index in [1.807, 2.05) is 30.3 Å². The normalized spacial score (nSPS) is 18.1. The maximum absolute atomic E-state index is 10.6. The van der Waals surface area contributed by atoms with Gasteiger partial charge in [0.1, 0.15) is 6.10 Å². The molecular formula is C20H24O5. The molecule has 25 heavy (non-hydrogen) atoms. The van der Waals surface area contributed by atoms with Crippen molar-refractivity contribution >= 4 is 0 Å². The fraction of sp³-hybridized carbons (Fsp3) is 0.400. The molecule has 2 aromatic carbocycles. The topological polar surface area (TPSA) is 57.2 Å². The average Bonchev–Trinajstić information content (AvgIpc) is 3.19. The van der Waals surface area contributed by atoms with Crippen molar-refractivity contribution in [1.82, 2.24) is 0 Å². The van der Waals surface area contributed by atoms with Crippen molar-refractivity contribution in [2.75, 3.05) is 27.4 Å². The van der Waals surface area contributed by atoms with E-state index in [0.29, 0.717) is 24.7 Å². The first-order valence-electron chi connectivity index (χ1n) is 8.39.